The Morgan fingerprint density at radius 1 is 0.330 bits per heavy atom. The van der Waals surface area contributed by atoms with E-state index in [9.17, 15) is 43.2 Å². The van der Waals surface area contributed by atoms with Crippen molar-refractivity contribution in [3.8, 4) is 0 Å². The zero-order valence-electron chi connectivity index (χ0n) is 57.0. The van der Waals surface area contributed by atoms with Gasteiger partial charge in [-0.05, 0) is 37.5 Å². The fourth-order valence-electron chi connectivity index (χ4n) is 10.4. The van der Waals surface area contributed by atoms with Crippen LogP contribution in [0.2, 0.25) is 0 Å². The fraction of sp³-hybridized carbons (Fsp3) is 0.942. The normalized spacial score (nSPS) is 14.5. The van der Waals surface area contributed by atoms with Gasteiger partial charge in [0.15, 0.2) is 12.2 Å². The van der Waals surface area contributed by atoms with Gasteiger partial charge in [0.05, 0.1) is 26.4 Å². The first kappa shape index (κ1) is 86.1. The third kappa shape index (κ3) is 61.6. The first-order valence-corrected chi connectivity index (χ1v) is 39.0. The molecule has 0 aliphatic carbocycles. The monoisotopic (exact) mass is 1300 g/mol. The number of carbonyl (C=O) groups excluding carboxylic acids is 4. The summed E-state index contributed by atoms with van der Waals surface area (Å²) in [6, 6.07) is 0. The fourth-order valence-corrected chi connectivity index (χ4v) is 12.0. The van der Waals surface area contributed by atoms with Gasteiger partial charge in [0.25, 0.3) is 0 Å². The maximum Gasteiger partial charge on any atom is 0.472 e. The largest absolute Gasteiger partial charge is 0.472 e. The van der Waals surface area contributed by atoms with E-state index in [1.165, 1.54) is 167 Å². The Balaban J connectivity index is 5.25. The molecule has 3 unspecified atom stereocenters. The SMILES string of the molecule is CCCCCCCCCCCCCCC(=O)O[C@H](COC(=O)CCCCCCCCCCC)COP(=O)(O)OC[C@H](O)COP(=O)(O)OC[C@@H](COC(=O)CCCCCCCCCCC(C)CC)OC(=O)CCCCCCCCCCCCCCC(C)C. The molecule has 88 heavy (non-hydrogen) atoms. The molecule has 0 fully saturated rings. The number of phosphoric ester groups is 2. The Labute approximate surface area is 537 Å². The van der Waals surface area contributed by atoms with E-state index in [0.29, 0.717) is 25.7 Å². The van der Waals surface area contributed by atoms with E-state index in [2.05, 4.69) is 41.5 Å². The topological polar surface area (TPSA) is 237 Å². The van der Waals surface area contributed by atoms with Crippen LogP contribution in [0, 0.1) is 11.8 Å². The molecule has 522 valence electrons. The van der Waals surface area contributed by atoms with Crippen LogP contribution in [0.4, 0.5) is 0 Å². The lowest BCUT2D eigenvalue weighted by atomic mass is 9.99. The summed E-state index contributed by atoms with van der Waals surface area (Å²) < 4.78 is 68.2. The van der Waals surface area contributed by atoms with E-state index in [1.54, 1.807) is 0 Å². The van der Waals surface area contributed by atoms with Gasteiger partial charge < -0.3 is 33.8 Å². The second kappa shape index (κ2) is 61.3. The van der Waals surface area contributed by atoms with Crippen LogP contribution < -0.4 is 0 Å². The quantitative estimate of drug-likeness (QED) is 0.0222. The number of aliphatic hydroxyl groups is 1. The number of esters is 4. The summed E-state index contributed by atoms with van der Waals surface area (Å²) in [7, 11) is -9.90. The highest BCUT2D eigenvalue weighted by Gasteiger charge is 2.30. The summed E-state index contributed by atoms with van der Waals surface area (Å²) in [5, 5.41) is 10.6. The van der Waals surface area contributed by atoms with Crippen molar-refractivity contribution in [1.82, 2.24) is 0 Å². The molecule has 0 aliphatic heterocycles. The molecule has 0 aromatic carbocycles. The average molecular weight is 1300 g/mol. The molecule has 0 aliphatic rings. The number of hydrogen-bond acceptors (Lipinski definition) is 15. The molecule has 0 rings (SSSR count). The standard InChI is InChI=1S/C69H134O17P2/c1-7-10-12-14-16-18-19-23-27-35-41-47-53-68(73)85-64(57-79-66(71)51-45-39-33-25-17-15-13-11-8-2)59-83-87(75,76)81-55-63(70)56-82-88(77,78)84-60-65(58-80-67(72)52-46-40-34-30-29-32-38-44-50-62(6)9-3)86-69(74)54-48-42-36-28-24-21-20-22-26-31-37-43-49-61(4)5/h61-65,70H,7-60H2,1-6H3,(H,75,76)(H,77,78)/t62?,63-,64+,65+/m0/s1. The average Bonchev–Trinajstić information content (AvgIpc) is 3.71. The summed E-state index contributed by atoms with van der Waals surface area (Å²) in [6.07, 6.45) is 45.6. The number of rotatable bonds is 68. The third-order valence-corrected chi connectivity index (χ3v) is 18.2. The third-order valence-electron chi connectivity index (χ3n) is 16.3. The minimum absolute atomic E-state index is 0.106. The van der Waals surface area contributed by atoms with E-state index < -0.39 is 97.5 Å². The summed E-state index contributed by atoms with van der Waals surface area (Å²) in [5.74, 6) is -0.571. The maximum absolute atomic E-state index is 13.0. The van der Waals surface area contributed by atoms with Crippen LogP contribution in [0.15, 0.2) is 0 Å². The lowest BCUT2D eigenvalue weighted by Gasteiger charge is -2.21. The smallest absolute Gasteiger partial charge is 0.462 e. The van der Waals surface area contributed by atoms with Gasteiger partial charge in [0.1, 0.15) is 19.3 Å². The van der Waals surface area contributed by atoms with Gasteiger partial charge in [-0.1, -0.05) is 298 Å². The van der Waals surface area contributed by atoms with Gasteiger partial charge in [0.2, 0.25) is 0 Å². The number of hydrogen-bond donors (Lipinski definition) is 3. The van der Waals surface area contributed by atoms with Crippen LogP contribution in [0.3, 0.4) is 0 Å². The molecule has 0 aromatic heterocycles. The second-order valence-corrected chi connectivity index (χ2v) is 28.5. The highest BCUT2D eigenvalue weighted by molar-refractivity contribution is 7.47. The van der Waals surface area contributed by atoms with E-state index in [4.69, 9.17) is 37.0 Å². The zero-order chi connectivity index (χ0) is 65.0. The van der Waals surface area contributed by atoms with Gasteiger partial charge in [-0.25, -0.2) is 9.13 Å². The Morgan fingerprint density at radius 2 is 0.580 bits per heavy atom. The van der Waals surface area contributed by atoms with Gasteiger partial charge in [-0.2, -0.15) is 0 Å². The maximum atomic E-state index is 13.0. The van der Waals surface area contributed by atoms with Crippen LogP contribution >= 0.6 is 15.6 Å². The lowest BCUT2D eigenvalue weighted by molar-refractivity contribution is -0.161. The molecular weight excluding hydrogens is 1160 g/mol. The van der Waals surface area contributed by atoms with Crippen molar-refractivity contribution in [2.75, 3.05) is 39.6 Å². The minimum Gasteiger partial charge on any atom is -0.462 e. The van der Waals surface area contributed by atoms with Crippen LogP contribution in [0.5, 0.6) is 0 Å². The zero-order valence-corrected chi connectivity index (χ0v) is 58.8. The highest BCUT2D eigenvalue weighted by atomic mass is 31.2. The molecule has 17 nitrogen and oxygen atoms in total. The summed E-state index contributed by atoms with van der Waals surface area (Å²) >= 11 is 0. The molecule has 0 bridgehead atoms. The van der Waals surface area contributed by atoms with Gasteiger partial charge in [-0.15, -0.1) is 0 Å². The molecule has 0 saturated heterocycles. The molecular formula is C69H134O17P2. The van der Waals surface area contributed by atoms with Crippen molar-refractivity contribution in [3.63, 3.8) is 0 Å². The highest BCUT2D eigenvalue weighted by Crippen LogP contribution is 2.45. The van der Waals surface area contributed by atoms with Crippen molar-refractivity contribution in [3.05, 3.63) is 0 Å². The Hall–Kier alpha value is -1.94. The van der Waals surface area contributed by atoms with Crippen LogP contribution in [-0.2, 0) is 65.4 Å². The molecule has 0 aromatic rings. The Kier molecular flexibility index (Phi) is 59.9. The minimum atomic E-state index is -4.95. The molecule has 19 heteroatoms. The predicted molar refractivity (Wildman–Crippen MR) is 354 cm³/mol. The van der Waals surface area contributed by atoms with E-state index in [-0.39, 0.29) is 25.7 Å². The predicted octanol–water partition coefficient (Wildman–Crippen LogP) is 19.6. The van der Waals surface area contributed by atoms with E-state index in [1.807, 2.05) is 0 Å². The van der Waals surface area contributed by atoms with Crippen LogP contribution in [0.25, 0.3) is 0 Å². The van der Waals surface area contributed by atoms with Crippen molar-refractivity contribution in [2.24, 2.45) is 11.8 Å². The van der Waals surface area contributed by atoms with E-state index in [0.717, 1.165) is 102 Å². The number of aliphatic hydroxyl groups excluding tert-OH is 1. The molecule has 3 N–H and O–H groups in total. The first-order valence-electron chi connectivity index (χ1n) is 36.0. The van der Waals surface area contributed by atoms with Crippen molar-refractivity contribution in [1.29, 1.82) is 0 Å². The summed E-state index contributed by atoms with van der Waals surface area (Å²) in [5.41, 5.74) is 0. The number of carbonyl (C=O) groups is 4. The molecule has 6 atom stereocenters. The number of ether oxygens (including phenoxy) is 4. The summed E-state index contributed by atoms with van der Waals surface area (Å²) in [4.78, 5) is 72.5. The van der Waals surface area contributed by atoms with Crippen LogP contribution in [-0.4, -0.2) is 96.7 Å². The second-order valence-electron chi connectivity index (χ2n) is 25.6. The molecule has 0 saturated carbocycles. The molecule has 0 radical (unpaired) electrons. The van der Waals surface area contributed by atoms with Gasteiger partial charge >= 0.3 is 39.5 Å². The lowest BCUT2D eigenvalue weighted by Crippen LogP contribution is -2.30. The number of phosphoric acid groups is 2. The Morgan fingerprint density at radius 3 is 0.864 bits per heavy atom. The number of unbranched alkanes of at least 4 members (excludes halogenated alkanes) is 37. The van der Waals surface area contributed by atoms with Gasteiger partial charge in [0, 0.05) is 25.7 Å². The van der Waals surface area contributed by atoms with Gasteiger partial charge in [-0.3, -0.25) is 37.3 Å². The Bertz CT molecular complexity index is 1720. The van der Waals surface area contributed by atoms with Crippen molar-refractivity contribution >= 4 is 39.5 Å². The molecule has 0 amide bonds. The van der Waals surface area contributed by atoms with Crippen molar-refractivity contribution in [2.45, 2.75) is 368 Å². The molecule has 0 spiro atoms. The molecule has 0 heterocycles. The first-order chi connectivity index (χ1) is 42.4. The van der Waals surface area contributed by atoms with E-state index >= 15 is 0 Å². The van der Waals surface area contributed by atoms with Crippen molar-refractivity contribution < 1.29 is 80.2 Å². The van der Waals surface area contributed by atoms with Crippen LogP contribution in [0.1, 0.15) is 350 Å². The summed E-state index contributed by atoms with van der Waals surface area (Å²) in [6.45, 7) is 9.54.